The fraction of sp³-hybridized carbons (Fsp3) is 0.625. The Hall–Kier alpha value is -0.800. The lowest BCUT2D eigenvalue weighted by molar-refractivity contribution is 0.320. The van der Waals surface area contributed by atoms with Crippen LogP contribution in [0, 0.1) is 17.7 Å². The summed E-state index contributed by atoms with van der Waals surface area (Å²) >= 11 is 5.95. The van der Waals surface area contributed by atoms with E-state index in [9.17, 15) is 4.39 Å². The van der Waals surface area contributed by atoms with Crippen LogP contribution in [0.15, 0.2) is 18.2 Å². The molecule has 1 aromatic rings. The lowest BCUT2D eigenvalue weighted by Crippen LogP contribution is -2.59. The quantitative estimate of drug-likeness (QED) is 0.915. The second-order valence-corrected chi connectivity index (χ2v) is 6.82. The molecule has 3 rings (SSSR count). The van der Waals surface area contributed by atoms with E-state index in [4.69, 9.17) is 11.6 Å². The highest BCUT2D eigenvalue weighted by Gasteiger charge is 2.38. The molecule has 1 saturated heterocycles. The van der Waals surface area contributed by atoms with Crippen LogP contribution in [0.4, 0.5) is 10.1 Å². The summed E-state index contributed by atoms with van der Waals surface area (Å²) in [6.45, 7) is 6.47. The summed E-state index contributed by atoms with van der Waals surface area (Å²) in [6, 6.07) is 6.09. The minimum absolute atomic E-state index is 0.214. The number of halogens is 2. The first kappa shape index (κ1) is 14.2. The highest BCUT2D eigenvalue weighted by molar-refractivity contribution is 6.31. The lowest BCUT2D eigenvalue weighted by atomic mass is 9.96. The van der Waals surface area contributed by atoms with Crippen LogP contribution in [0.1, 0.15) is 26.7 Å². The van der Waals surface area contributed by atoms with Crippen LogP contribution in [0.3, 0.4) is 0 Å². The Morgan fingerprint density at radius 2 is 2.10 bits per heavy atom. The van der Waals surface area contributed by atoms with Gasteiger partial charge in [0.25, 0.3) is 0 Å². The van der Waals surface area contributed by atoms with Crippen LogP contribution in [0.5, 0.6) is 0 Å². The molecule has 0 bridgehead atoms. The van der Waals surface area contributed by atoms with Crippen molar-refractivity contribution < 1.29 is 4.39 Å². The highest BCUT2D eigenvalue weighted by atomic mass is 35.5. The summed E-state index contributed by atoms with van der Waals surface area (Å²) < 4.78 is 13.4. The van der Waals surface area contributed by atoms with Gasteiger partial charge in [0.2, 0.25) is 0 Å². The number of rotatable bonds is 3. The Morgan fingerprint density at radius 3 is 2.70 bits per heavy atom. The summed E-state index contributed by atoms with van der Waals surface area (Å²) in [5.74, 6) is 1.03. The van der Waals surface area contributed by atoms with Crippen LogP contribution < -0.4 is 10.2 Å². The molecule has 1 N–H and O–H groups in total. The van der Waals surface area contributed by atoms with Crippen molar-refractivity contribution in [2.45, 2.75) is 38.8 Å². The zero-order valence-electron chi connectivity index (χ0n) is 12.1. The summed E-state index contributed by atoms with van der Waals surface area (Å²) in [5.41, 5.74) is 1.04. The fourth-order valence-electron chi connectivity index (χ4n) is 3.16. The molecular weight excluding hydrogens is 275 g/mol. The van der Waals surface area contributed by atoms with Crippen molar-refractivity contribution in [3.63, 3.8) is 0 Å². The zero-order valence-corrected chi connectivity index (χ0v) is 12.8. The van der Waals surface area contributed by atoms with Gasteiger partial charge in [0.1, 0.15) is 5.82 Å². The molecule has 0 aromatic heterocycles. The predicted molar refractivity (Wildman–Crippen MR) is 81.9 cm³/mol. The SMILES string of the molecule is CC(C)C1CNC(C2CC2)CN1c1ccc(F)c(Cl)c1. The Labute approximate surface area is 125 Å². The van der Waals surface area contributed by atoms with Gasteiger partial charge in [-0.05, 0) is 42.9 Å². The van der Waals surface area contributed by atoms with Crippen molar-refractivity contribution in [2.24, 2.45) is 11.8 Å². The zero-order chi connectivity index (χ0) is 14.3. The Bertz CT molecular complexity index is 487. The molecular formula is C16H22ClFN2. The molecule has 0 amide bonds. The van der Waals surface area contributed by atoms with Gasteiger partial charge in [0.15, 0.2) is 0 Å². The number of benzene rings is 1. The maximum atomic E-state index is 13.4. The maximum absolute atomic E-state index is 13.4. The van der Waals surface area contributed by atoms with Crippen molar-refractivity contribution in [3.8, 4) is 0 Å². The minimum Gasteiger partial charge on any atom is -0.365 e. The molecule has 2 aliphatic rings. The third-order valence-electron chi connectivity index (χ3n) is 4.58. The number of anilines is 1. The van der Waals surface area contributed by atoms with Crippen LogP contribution in [-0.2, 0) is 0 Å². The highest BCUT2D eigenvalue weighted by Crippen LogP contribution is 2.36. The summed E-state index contributed by atoms with van der Waals surface area (Å²) in [7, 11) is 0. The third kappa shape index (κ3) is 2.79. The molecule has 4 heteroatoms. The molecule has 0 radical (unpaired) electrons. The van der Waals surface area contributed by atoms with Crippen molar-refractivity contribution in [1.82, 2.24) is 5.32 Å². The van der Waals surface area contributed by atoms with E-state index in [2.05, 4.69) is 24.1 Å². The number of nitrogens with one attached hydrogen (secondary N) is 1. The van der Waals surface area contributed by atoms with Crippen molar-refractivity contribution in [2.75, 3.05) is 18.0 Å². The summed E-state index contributed by atoms with van der Waals surface area (Å²) in [6.07, 6.45) is 2.67. The Morgan fingerprint density at radius 1 is 1.35 bits per heavy atom. The van der Waals surface area contributed by atoms with Gasteiger partial charge in [-0.15, -0.1) is 0 Å². The van der Waals surface area contributed by atoms with Gasteiger partial charge in [-0.25, -0.2) is 4.39 Å². The Balaban J connectivity index is 1.85. The molecule has 0 spiro atoms. The molecule has 1 aliphatic heterocycles. The van der Waals surface area contributed by atoms with E-state index in [0.29, 0.717) is 18.0 Å². The monoisotopic (exact) mass is 296 g/mol. The standard InChI is InChI=1S/C16H22ClFN2/c1-10(2)16-8-19-15(11-3-4-11)9-20(16)12-5-6-14(18)13(17)7-12/h5-7,10-11,15-16,19H,3-4,8-9H2,1-2H3. The number of hydrogen-bond donors (Lipinski definition) is 1. The molecule has 2 fully saturated rings. The van der Waals surface area contributed by atoms with Crippen LogP contribution in [0.25, 0.3) is 0 Å². The molecule has 1 saturated carbocycles. The van der Waals surface area contributed by atoms with E-state index in [1.165, 1.54) is 18.9 Å². The van der Waals surface area contributed by atoms with E-state index in [1.54, 1.807) is 6.07 Å². The number of hydrogen-bond acceptors (Lipinski definition) is 2. The van der Waals surface area contributed by atoms with Crippen LogP contribution in [0.2, 0.25) is 5.02 Å². The fourth-order valence-corrected chi connectivity index (χ4v) is 3.34. The van der Waals surface area contributed by atoms with Crippen molar-refractivity contribution >= 4 is 17.3 Å². The van der Waals surface area contributed by atoms with Gasteiger partial charge in [0, 0.05) is 30.9 Å². The van der Waals surface area contributed by atoms with E-state index in [0.717, 1.165) is 24.7 Å². The molecule has 1 aromatic carbocycles. The summed E-state index contributed by atoms with van der Waals surface area (Å²) in [5, 5.41) is 3.90. The number of nitrogens with zero attached hydrogens (tertiary/aromatic N) is 1. The first-order chi connectivity index (χ1) is 9.56. The molecule has 20 heavy (non-hydrogen) atoms. The molecule has 110 valence electrons. The average Bonchev–Trinajstić information content (AvgIpc) is 3.25. The topological polar surface area (TPSA) is 15.3 Å². The van der Waals surface area contributed by atoms with Gasteiger partial charge < -0.3 is 10.2 Å². The summed E-state index contributed by atoms with van der Waals surface area (Å²) in [4.78, 5) is 2.41. The first-order valence-corrected chi connectivity index (χ1v) is 7.89. The first-order valence-electron chi connectivity index (χ1n) is 7.51. The van der Waals surface area contributed by atoms with Crippen molar-refractivity contribution in [3.05, 3.63) is 29.0 Å². The third-order valence-corrected chi connectivity index (χ3v) is 4.87. The molecule has 2 atom stereocenters. The largest absolute Gasteiger partial charge is 0.365 e. The normalized spacial score (nSPS) is 27.1. The second-order valence-electron chi connectivity index (χ2n) is 6.41. The maximum Gasteiger partial charge on any atom is 0.141 e. The van der Waals surface area contributed by atoms with Gasteiger partial charge >= 0.3 is 0 Å². The van der Waals surface area contributed by atoms with E-state index >= 15 is 0 Å². The van der Waals surface area contributed by atoms with Gasteiger partial charge in [-0.2, -0.15) is 0 Å². The molecule has 1 aliphatic carbocycles. The van der Waals surface area contributed by atoms with Gasteiger partial charge in [-0.1, -0.05) is 25.4 Å². The predicted octanol–water partition coefficient (Wildman–Crippen LogP) is 3.69. The van der Waals surface area contributed by atoms with Crippen molar-refractivity contribution in [1.29, 1.82) is 0 Å². The van der Waals surface area contributed by atoms with E-state index in [1.807, 2.05) is 6.07 Å². The molecule has 2 nitrogen and oxygen atoms in total. The van der Waals surface area contributed by atoms with Gasteiger partial charge in [-0.3, -0.25) is 0 Å². The second kappa shape index (κ2) is 5.53. The Kier molecular flexibility index (Phi) is 3.91. The average molecular weight is 297 g/mol. The van der Waals surface area contributed by atoms with Crippen LogP contribution in [-0.4, -0.2) is 25.2 Å². The van der Waals surface area contributed by atoms with Gasteiger partial charge in [0.05, 0.1) is 5.02 Å². The van der Waals surface area contributed by atoms with E-state index in [-0.39, 0.29) is 10.8 Å². The molecule has 2 unspecified atom stereocenters. The number of piperazine rings is 1. The van der Waals surface area contributed by atoms with Crippen LogP contribution >= 0.6 is 11.6 Å². The lowest BCUT2D eigenvalue weighted by Gasteiger charge is -2.44. The minimum atomic E-state index is -0.342. The smallest absolute Gasteiger partial charge is 0.141 e. The molecule has 1 heterocycles. The van der Waals surface area contributed by atoms with E-state index < -0.39 is 0 Å².